The Kier molecular flexibility index (Phi) is 7.32. The van der Waals surface area contributed by atoms with Crippen molar-refractivity contribution >= 4 is 38.3 Å². The molecule has 2 aromatic carbocycles. The zero-order valence-corrected chi connectivity index (χ0v) is 18.8. The average molecular weight is 463 g/mol. The summed E-state index contributed by atoms with van der Waals surface area (Å²) >= 11 is 6.49. The molecule has 9 heteroatoms. The second-order valence-electron chi connectivity index (χ2n) is 6.62. The van der Waals surface area contributed by atoms with Gasteiger partial charge in [-0.05, 0) is 29.7 Å². The van der Waals surface area contributed by atoms with E-state index in [4.69, 9.17) is 21.8 Å². The van der Waals surface area contributed by atoms with Gasteiger partial charge in [-0.3, -0.25) is 5.21 Å². The number of nitrogens with zero attached hydrogens (tertiary/aromatic N) is 1. The Bertz CT molecular complexity index is 1110. The molecule has 0 spiro atoms. The largest absolute Gasteiger partial charge is 0.468 e. The van der Waals surface area contributed by atoms with Gasteiger partial charge < -0.3 is 4.42 Å². The van der Waals surface area contributed by atoms with Gasteiger partial charge in [0.2, 0.25) is 10.0 Å². The molecule has 0 unspecified atom stereocenters. The maximum Gasteiger partial charge on any atom is 0.238 e. The quantitative estimate of drug-likeness (QED) is 0.302. The van der Waals surface area contributed by atoms with Crippen LogP contribution >= 0.6 is 24.0 Å². The summed E-state index contributed by atoms with van der Waals surface area (Å²) in [5.41, 5.74) is 3.72. The van der Waals surface area contributed by atoms with Crippen LogP contribution in [0.4, 0.5) is 0 Å². The number of hydroxylamine groups is 2. The van der Waals surface area contributed by atoms with Gasteiger partial charge in [0.15, 0.2) is 4.32 Å². The minimum atomic E-state index is -3.74. The minimum Gasteiger partial charge on any atom is -0.468 e. The summed E-state index contributed by atoms with van der Waals surface area (Å²) < 4.78 is 29.4. The molecule has 0 fully saturated rings. The van der Waals surface area contributed by atoms with Gasteiger partial charge in [-0.25, -0.2) is 18.6 Å². The second-order valence-corrected chi connectivity index (χ2v) is 9.91. The van der Waals surface area contributed by atoms with Gasteiger partial charge in [-0.15, -0.1) is 0 Å². The standard InChI is InChI=1S/C21H22N2O4S3/c1-23(24)21(28)29-13-5-8-19-20(16-6-3-2-4-7-16)18(14-27-19)15-9-11-17(12-10-15)30(22,25)26/h2-4,6-7,9-12,14,24H,5,8,13H2,1H3,(H2,22,25,26). The predicted molar refractivity (Wildman–Crippen MR) is 124 cm³/mol. The van der Waals surface area contributed by atoms with Crippen molar-refractivity contribution < 1.29 is 18.0 Å². The lowest BCUT2D eigenvalue weighted by Gasteiger charge is -2.10. The van der Waals surface area contributed by atoms with Crippen molar-refractivity contribution in [2.24, 2.45) is 5.14 Å². The van der Waals surface area contributed by atoms with Gasteiger partial charge in [-0.1, -0.05) is 66.4 Å². The highest BCUT2D eigenvalue weighted by Gasteiger charge is 2.18. The molecule has 3 aromatic rings. The topological polar surface area (TPSA) is 96.8 Å². The third-order valence-electron chi connectivity index (χ3n) is 4.46. The van der Waals surface area contributed by atoms with Crippen LogP contribution in [0.1, 0.15) is 12.2 Å². The van der Waals surface area contributed by atoms with Crippen LogP contribution in [-0.4, -0.2) is 35.8 Å². The fraction of sp³-hybridized carbons (Fsp3) is 0.190. The Morgan fingerprint density at radius 1 is 1.13 bits per heavy atom. The molecule has 6 nitrogen and oxygen atoms in total. The lowest BCUT2D eigenvalue weighted by molar-refractivity contribution is 0.0205. The number of thiocarbonyl (C=S) groups is 1. The van der Waals surface area contributed by atoms with Gasteiger partial charge in [0, 0.05) is 30.3 Å². The number of primary sulfonamides is 1. The molecule has 3 rings (SSSR count). The van der Waals surface area contributed by atoms with Crippen LogP contribution in [0.5, 0.6) is 0 Å². The number of hydrogen-bond acceptors (Lipinski definition) is 6. The number of nitrogens with two attached hydrogens (primary N) is 1. The highest BCUT2D eigenvalue weighted by molar-refractivity contribution is 8.22. The molecule has 3 N–H and O–H groups in total. The first-order chi connectivity index (χ1) is 14.3. The highest BCUT2D eigenvalue weighted by atomic mass is 32.2. The van der Waals surface area contributed by atoms with E-state index in [1.54, 1.807) is 18.4 Å². The fourth-order valence-corrected chi connectivity index (χ4v) is 4.44. The van der Waals surface area contributed by atoms with Crippen LogP contribution in [0.15, 0.2) is 70.2 Å². The maximum atomic E-state index is 11.5. The molecule has 0 aliphatic heterocycles. The Labute approximate surface area is 185 Å². The molecule has 158 valence electrons. The zero-order chi connectivity index (χ0) is 21.7. The summed E-state index contributed by atoms with van der Waals surface area (Å²) in [6.45, 7) is 0. The second kappa shape index (κ2) is 9.76. The van der Waals surface area contributed by atoms with E-state index in [9.17, 15) is 13.6 Å². The van der Waals surface area contributed by atoms with Gasteiger partial charge in [0.05, 0.1) is 11.2 Å². The van der Waals surface area contributed by atoms with Crippen molar-refractivity contribution in [3.8, 4) is 22.3 Å². The van der Waals surface area contributed by atoms with Crippen molar-refractivity contribution in [3.05, 3.63) is 66.6 Å². The Morgan fingerprint density at radius 2 is 1.80 bits per heavy atom. The SMILES string of the molecule is CN(O)C(=S)SCCCc1occ(-c2ccc(S(N)(=O)=O)cc2)c1-c1ccccc1. The molecule has 0 atom stereocenters. The van der Waals surface area contributed by atoms with Crippen molar-refractivity contribution in [2.75, 3.05) is 12.8 Å². The molecular weight excluding hydrogens is 440 g/mol. The number of benzene rings is 2. The maximum absolute atomic E-state index is 11.5. The third kappa shape index (κ3) is 5.50. The first-order valence-electron chi connectivity index (χ1n) is 9.16. The molecule has 1 aromatic heterocycles. The summed E-state index contributed by atoms with van der Waals surface area (Å²) in [4.78, 5) is 0.0677. The third-order valence-corrected chi connectivity index (χ3v) is 7.01. The lowest BCUT2D eigenvalue weighted by Crippen LogP contribution is -2.17. The van der Waals surface area contributed by atoms with E-state index in [2.05, 4.69) is 0 Å². The summed E-state index contributed by atoms with van der Waals surface area (Å²) in [5, 5.41) is 15.5. The average Bonchev–Trinajstić information content (AvgIpc) is 3.15. The van der Waals surface area contributed by atoms with Gasteiger partial charge in [0.1, 0.15) is 5.76 Å². The molecule has 30 heavy (non-hydrogen) atoms. The van der Waals surface area contributed by atoms with E-state index in [1.165, 1.54) is 30.9 Å². The van der Waals surface area contributed by atoms with Crippen molar-refractivity contribution in [1.82, 2.24) is 5.06 Å². The highest BCUT2D eigenvalue weighted by Crippen LogP contribution is 2.37. The van der Waals surface area contributed by atoms with Crippen LogP contribution in [-0.2, 0) is 16.4 Å². The normalized spacial score (nSPS) is 11.4. The van der Waals surface area contributed by atoms with Crippen LogP contribution in [0.2, 0.25) is 0 Å². The predicted octanol–water partition coefficient (Wildman–Crippen LogP) is 4.53. The molecule has 0 bridgehead atoms. The Morgan fingerprint density at radius 3 is 2.40 bits per heavy atom. The molecule has 0 saturated heterocycles. The van der Waals surface area contributed by atoms with Gasteiger partial charge >= 0.3 is 0 Å². The van der Waals surface area contributed by atoms with E-state index in [0.717, 1.165) is 45.3 Å². The molecule has 0 amide bonds. The smallest absolute Gasteiger partial charge is 0.238 e. The monoisotopic (exact) mass is 462 g/mol. The number of sulfonamides is 1. The lowest BCUT2D eigenvalue weighted by atomic mass is 9.95. The van der Waals surface area contributed by atoms with E-state index in [0.29, 0.717) is 10.7 Å². The molecule has 0 radical (unpaired) electrons. The number of rotatable bonds is 7. The molecule has 0 aliphatic carbocycles. The Hall–Kier alpha value is -2.17. The van der Waals surface area contributed by atoms with E-state index >= 15 is 0 Å². The first kappa shape index (κ1) is 22.5. The zero-order valence-electron chi connectivity index (χ0n) is 16.3. The number of aryl methyl sites for hydroxylation is 1. The summed E-state index contributed by atoms with van der Waals surface area (Å²) in [7, 11) is -2.24. The van der Waals surface area contributed by atoms with E-state index in [1.807, 2.05) is 30.3 Å². The molecule has 1 heterocycles. The minimum absolute atomic E-state index is 0.0677. The fourth-order valence-electron chi connectivity index (χ4n) is 3.03. The number of furan rings is 1. The summed E-state index contributed by atoms with van der Waals surface area (Å²) in [6.07, 6.45) is 3.21. The molecule has 0 aliphatic rings. The van der Waals surface area contributed by atoms with Crippen molar-refractivity contribution in [2.45, 2.75) is 17.7 Å². The van der Waals surface area contributed by atoms with Crippen LogP contribution in [0.25, 0.3) is 22.3 Å². The van der Waals surface area contributed by atoms with Crippen LogP contribution < -0.4 is 5.14 Å². The number of hydrogen-bond donors (Lipinski definition) is 2. The number of thioether (sulfide) groups is 1. The van der Waals surface area contributed by atoms with Gasteiger partial charge in [0.25, 0.3) is 0 Å². The van der Waals surface area contributed by atoms with E-state index < -0.39 is 10.0 Å². The van der Waals surface area contributed by atoms with Crippen molar-refractivity contribution in [3.63, 3.8) is 0 Å². The van der Waals surface area contributed by atoms with E-state index in [-0.39, 0.29) is 4.90 Å². The summed E-state index contributed by atoms with van der Waals surface area (Å²) in [5.74, 6) is 1.59. The molecular formula is C21H22N2O4S3. The first-order valence-corrected chi connectivity index (χ1v) is 12.1. The Balaban J connectivity index is 1.88. The van der Waals surface area contributed by atoms with Crippen LogP contribution in [0, 0.1) is 0 Å². The summed E-state index contributed by atoms with van der Waals surface area (Å²) in [6, 6.07) is 16.4. The van der Waals surface area contributed by atoms with Crippen LogP contribution in [0.3, 0.4) is 0 Å². The van der Waals surface area contributed by atoms with Gasteiger partial charge in [-0.2, -0.15) is 0 Å². The molecule has 0 saturated carbocycles. The van der Waals surface area contributed by atoms with Crippen molar-refractivity contribution in [1.29, 1.82) is 0 Å².